The lowest BCUT2D eigenvalue weighted by atomic mass is 9.95. The number of hydrogen-bond donors (Lipinski definition) is 3. The summed E-state index contributed by atoms with van der Waals surface area (Å²) in [6.07, 6.45) is -1.66. The number of benzene rings is 2. The van der Waals surface area contributed by atoms with Crippen LogP contribution in [-0.4, -0.2) is 59.5 Å². The molecule has 0 bridgehead atoms. The zero-order chi connectivity index (χ0) is 27.4. The Bertz CT molecular complexity index is 1050. The molecular formula is C26H30F3N3O5. The van der Waals surface area contributed by atoms with Gasteiger partial charge in [0.05, 0.1) is 0 Å². The van der Waals surface area contributed by atoms with Crippen molar-refractivity contribution in [3.63, 3.8) is 0 Å². The van der Waals surface area contributed by atoms with Crippen LogP contribution in [0.4, 0.5) is 18.9 Å². The van der Waals surface area contributed by atoms with Gasteiger partial charge in [-0.25, -0.2) is 4.79 Å². The summed E-state index contributed by atoms with van der Waals surface area (Å²) in [4.78, 5) is 47.9. The molecular weight excluding hydrogens is 491 g/mol. The number of rotatable bonds is 7. The molecule has 1 aliphatic heterocycles. The lowest BCUT2D eigenvalue weighted by Crippen LogP contribution is -2.43. The minimum absolute atomic E-state index is 0.0125. The largest absolute Gasteiger partial charge is 0.490 e. The summed E-state index contributed by atoms with van der Waals surface area (Å²) in [6.45, 7) is 3.98. The Balaban J connectivity index is 0.000000604. The number of carboxylic acid groups (broad SMARTS) is 1. The van der Waals surface area contributed by atoms with Crippen LogP contribution in [0.15, 0.2) is 54.6 Å². The Morgan fingerprint density at radius 1 is 0.946 bits per heavy atom. The SMILES string of the molecule is CCCCNC(=O)C1CCN(C(=O)c2ccc(NC(=O)c3ccccc3)cc2)CC1.O=C(O)C(F)(F)F. The molecule has 1 heterocycles. The van der Waals surface area contributed by atoms with Crippen molar-refractivity contribution < 1.29 is 37.5 Å². The Morgan fingerprint density at radius 3 is 2.03 bits per heavy atom. The summed E-state index contributed by atoms with van der Waals surface area (Å²) < 4.78 is 31.7. The van der Waals surface area contributed by atoms with Crippen LogP contribution in [0.2, 0.25) is 0 Å². The smallest absolute Gasteiger partial charge is 0.475 e. The van der Waals surface area contributed by atoms with Gasteiger partial charge in [0.25, 0.3) is 11.8 Å². The predicted molar refractivity (Wildman–Crippen MR) is 131 cm³/mol. The van der Waals surface area contributed by atoms with E-state index in [1.165, 1.54) is 0 Å². The van der Waals surface area contributed by atoms with E-state index in [0.717, 1.165) is 19.4 Å². The molecule has 8 nitrogen and oxygen atoms in total. The molecule has 0 unspecified atom stereocenters. The highest BCUT2D eigenvalue weighted by Gasteiger charge is 2.38. The Hall–Kier alpha value is -3.89. The quantitative estimate of drug-likeness (QED) is 0.469. The summed E-state index contributed by atoms with van der Waals surface area (Å²) in [5.41, 5.74) is 1.81. The first-order valence-corrected chi connectivity index (χ1v) is 11.9. The van der Waals surface area contributed by atoms with Crippen molar-refractivity contribution >= 4 is 29.4 Å². The first-order valence-electron chi connectivity index (χ1n) is 11.9. The van der Waals surface area contributed by atoms with Gasteiger partial charge >= 0.3 is 12.1 Å². The molecule has 0 aromatic heterocycles. The molecule has 0 atom stereocenters. The van der Waals surface area contributed by atoms with Crippen LogP contribution >= 0.6 is 0 Å². The molecule has 0 aliphatic carbocycles. The lowest BCUT2D eigenvalue weighted by Gasteiger charge is -2.31. The van der Waals surface area contributed by atoms with Gasteiger partial charge in [0.1, 0.15) is 0 Å². The second-order valence-electron chi connectivity index (χ2n) is 8.41. The van der Waals surface area contributed by atoms with E-state index in [9.17, 15) is 27.6 Å². The van der Waals surface area contributed by atoms with Crippen LogP contribution in [-0.2, 0) is 9.59 Å². The van der Waals surface area contributed by atoms with Gasteiger partial charge in [-0.2, -0.15) is 13.2 Å². The number of carboxylic acids is 1. The highest BCUT2D eigenvalue weighted by molar-refractivity contribution is 6.04. The molecule has 200 valence electrons. The average Bonchev–Trinajstić information content (AvgIpc) is 2.89. The summed E-state index contributed by atoms with van der Waals surface area (Å²) >= 11 is 0. The molecule has 3 N–H and O–H groups in total. The van der Waals surface area contributed by atoms with Crippen LogP contribution in [0.1, 0.15) is 53.3 Å². The van der Waals surface area contributed by atoms with Crippen LogP contribution in [0, 0.1) is 5.92 Å². The van der Waals surface area contributed by atoms with Gasteiger partial charge in [0, 0.05) is 42.4 Å². The number of piperidine rings is 1. The fraction of sp³-hybridized carbons (Fsp3) is 0.385. The molecule has 3 amide bonds. The van der Waals surface area contributed by atoms with E-state index in [4.69, 9.17) is 9.90 Å². The fourth-order valence-electron chi connectivity index (χ4n) is 3.55. The lowest BCUT2D eigenvalue weighted by molar-refractivity contribution is -0.192. The Labute approximate surface area is 212 Å². The van der Waals surface area contributed by atoms with E-state index in [1.54, 1.807) is 41.3 Å². The van der Waals surface area contributed by atoms with Gasteiger partial charge in [0.2, 0.25) is 5.91 Å². The van der Waals surface area contributed by atoms with E-state index < -0.39 is 12.1 Å². The maximum absolute atomic E-state index is 12.8. The van der Waals surface area contributed by atoms with Crippen molar-refractivity contribution in [3.05, 3.63) is 65.7 Å². The van der Waals surface area contributed by atoms with Crippen molar-refractivity contribution in [2.45, 2.75) is 38.8 Å². The van der Waals surface area contributed by atoms with Gasteiger partial charge in [-0.1, -0.05) is 31.5 Å². The van der Waals surface area contributed by atoms with E-state index in [1.807, 2.05) is 18.2 Å². The summed E-state index contributed by atoms with van der Waals surface area (Å²) in [5, 5.41) is 12.9. The molecule has 1 aliphatic rings. The summed E-state index contributed by atoms with van der Waals surface area (Å²) in [6, 6.07) is 15.9. The molecule has 0 spiro atoms. The summed E-state index contributed by atoms with van der Waals surface area (Å²) in [5.74, 6) is -2.89. The number of nitrogens with one attached hydrogen (secondary N) is 2. The van der Waals surface area contributed by atoms with Crippen LogP contribution < -0.4 is 10.6 Å². The second-order valence-corrected chi connectivity index (χ2v) is 8.41. The Morgan fingerprint density at radius 2 is 1.51 bits per heavy atom. The summed E-state index contributed by atoms with van der Waals surface area (Å²) in [7, 11) is 0. The van der Waals surface area contributed by atoms with Crippen LogP contribution in [0.3, 0.4) is 0 Å². The number of likely N-dealkylation sites (tertiary alicyclic amines) is 1. The number of carbonyl (C=O) groups is 4. The zero-order valence-electron chi connectivity index (χ0n) is 20.4. The van der Waals surface area contributed by atoms with Gasteiger partial charge in [-0.3, -0.25) is 14.4 Å². The third kappa shape index (κ3) is 9.59. The predicted octanol–water partition coefficient (Wildman–Crippen LogP) is 4.34. The number of halogens is 3. The van der Waals surface area contributed by atoms with E-state index in [2.05, 4.69) is 17.6 Å². The standard InChI is InChI=1S/C24H29N3O3.C2HF3O2/c1-2-3-15-25-22(28)19-13-16-27(17-14-19)24(30)20-9-11-21(12-10-20)26-23(29)18-7-5-4-6-8-18;3-2(4,5)1(6)7/h4-12,19H,2-3,13-17H2,1H3,(H,25,28)(H,26,29);(H,6,7). The van der Waals surface area contributed by atoms with Crippen LogP contribution in [0.25, 0.3) is 0 Å². The van der Waals surface area contributed by atoms with E-state index in [-0.39, 0.29) is 23.6 Å². The number of carbonyl (C=O) groups excluding carboxylic acids is 3. The molecule has 37 heavy (non-hydrogen) atoms. The first kappa shape index (κ1) is 29.3. The number of alkyl halides is 3. The monoisotopic (exact) mass is 521 g/mol. The number of amides is 3. The molecule has 1 fully saturated rings. The van der Waals surface area contributed by atoms with Gasteiger partial charge in [-0.05, 0) is 55.7 Å². The molecule has 0 radical (unpaired) electrons. The minimum Gasteiger partial charge on any atom is -0.475 e. The average molecular weight is 522 g/mol. The number of anilines is 1. The van der Waals surface area contributed by atoms with Crippen molar-refractivity contribution in [2.24, 2.45) is 5.92 Å². The Kier molecular flexibility index (Phi) is 11.1. The van der Waals surface area contributed by atoms with Crippen molar-refractivity contribution in [2.75, 3.05) is 25.0 Å². The van der Waals surface area contributed by atoms with E-state index >= 15 is 0 Å². The zero-order valence-corrected chi connectivity index (χ0v) is 20.4. The molecule has 11 heteroatoms. The van der Waals surface area contributed by atoms with E-state index in [0.29, 0.717) is 42.7 Å². The highest BCUT2D eigenvalue weighted by atomic mass is 19.4. The topological polar surface area (TPSA) is 116 Å². The minimum atomic E-state index is -5.08. The molecule has 0 saturated carbocycles. The third-order valence-electron chi connectivity index (χ3n) is 5.65. The van der Waals surface area contributed by atoms with Gasteiger partial charge < -0.3 is 20.6 Å². The molecule has 1 saturated heterocycles. The van der Waals surface area contributed by atoms with Gasteiger partial charge in [0.15, 0.2) is 0 Å². The number of nitrogens with zero attached hydrogens (tertiary/aromatic N) is 1. The molecule has 2 aromatic rings. The van der Waals surface area contributed by atoms with Crippen molar-refractivity contribution in [1.29, 1.82) is 0 Å². The number of hydrogen-bond acceptors (Lipinski definition) is 4. The maximum Gasteiger partial charge on any atom is 0.490 e. The van der Waals surface area contributed by atoms with Crippen molar-refractivity contribution in [3.8, 4) is 0 Å². The highest BCUT2D eigenvalue weighted by Crippen LogP contribution is 2.20. The molecule has 3 rings (SSSR count). The van der Waals surface area contributed by atoms with Crippen LogP contribution in [0.5, 0.6) is 0 Å². The number of unbranched alkanes of at least 4 members (excludes halogenated alkanes) is 1. The first-order chi connectivity index (χ1) is 17.5. The molecule has 2 aromatic carbocycles. The second kappa shape index (κ2) is 14.0. The van der Waals surface area contributed by atoms with Crippen molar-refractivity contribution in [1.82, 2.24) is 10.2 Å². The third-order valence-corrected chi connectivity index (χ3v) is 5.65. The fourth-order valence-corrected chi connectivity index (χ4v) is 3.55. The maximum atomic E-state index is 12.8. The van der Waals surface area contributed by atoms with Gasteiger partial charge in [-0.15, -0.1) is 0 Å². The number of aliphatic carboxylic acids is 1. The normalized spacial score (nSPS) is 13.7.